The van der Waals surface area contributed by atoms with Gasteiger partial charge in [0, 0.05) is 0 Å². The highest BCUT2D eigenvalue weighted by atomic mass is 16.5. The van der Waals surface area contributed by atoms with Crippen molar-refractivity contribution in [1.82, 2.24) is 5.32 Å². The standard InChI is InChI=1S/C15H20N2O3/c1-3-9-20-15(19)11(2)17-14(18)13(16)10-12-7-5-4-6-8-12/h3-8,11,13H,1,9-10,16H2,2H3,(H,17,18)/t11-,13-/m0/s1. The van der Waals surface area contributed by atoms with Crippen molar-refractivity contribution >= 4 is 11.9 Å². The lowest BCUT2D eigenvalue weighted by atomic mass is 10.1. The minimum absolute atomic E-state index is 0.120. The predicted molar refractivity (Wildman–Crippen MR) is 76.9 cm³/mol. The zero-order valence-electron chi connectivity index (χ0n) is 11.5. The number of amides is 1. The van der Waals surface area contributed by atoms with Gasteiger partial charge in [0.05, 0.1) is 6.04 Å². The van der Waals surface area contributed by atoms with Gasteiger partial charge >= 0.3 is 5.97 Å². The molecule has 5 heteroatoms. The van der Waals surface area contributed by atoms with E-state index in [1.807, 2.05) is 30.3 Å². The first kappa shape index (κ1) is 15.9. The first-order valence-corrected chi connectivity index (χ1v) is 6.42. The molecule has 1 amide bonds. The number of carbonyl (C=O) groups is 2. The van der Waals surface area contributed by atoms with E-state index in [0.717, 1.165) is 5.56 Å². The van der Waals surface area contributed by atoms with Crippen LogP contribution in [0.1, 0.15) is 12.5 Å². The molecule has 1 aromatic carbocycles. The van der Waals surface area contributed by atoms with Crippen LogP contribution in [-0.2, 0) is 20.7 Å². The zero-order valence-corrected chi connectivity index (χ0v) is 11.5. The molecule has 0 aliphatic rings. The molecule has 20 heavy (non-hydrogen) atoms. The smallest absolute Gasteiger partial charge is 0.328 e. The van der Waals surface area contributed by atoms with Crippen LogP contribution in [-0.4, -0.2) is 30.6 Å². The molecule has 0 spiro atoms. The normalized spacial score (nSPS) is 13.1. The van der Waals surface area contributed by atoms with Crippen molar-refractivity contribution in [3.05, 3.63) is 48.6 Å². The van der Waals surface area contributed by atoms with Gasteiger partial charge in [0.1, 0.15) is 12.6 Å². The number of nitrogens with two attached hydrogens (primary N) is 1. The van der Waals surface area contributed by atoms with Crippen LogP contribution in [0, 0.1) is 0 Å². The summed E-state index contributed by atoms with van der Waals surface area (Å²) >= 11 is 0. The van der Waals surface area contributed by atoms with Gasteiger partial charge in [0.2, 0.25) is 5.91 Å². The van der Waals surface area contributed by atoms with Crippen LogP contribution >= 0.6 is 0 Å². The lowest BCUT2D eigenvalue weighted by molar-refractivity contribution is -0.146. The molecule has 1 rings (SSSR count). The highest BCUT2D eigenvalue weighted by Gasteiger charge is 2.20. The van der Waals surface area contributed by atoms with E-state index in [1.165, 1.54) is 6.08 Å². The van der Waals surface area contributed by atoms with Crippen LogP contribution < -0.4 is 11.1 Å². The Morgan fingerprint density at radius 3 is 2.65 bits per heavy atom. The van der Waals surface area contributed by atoms with Crippen LogP contribution in [0.15, 0.2) is 43.0 Å². The van der Waals surface area contributed by atoms with Gasteiger partial charge < -0.3 is 15.8 Å². The Morgan fingerprint density at radius 1 is 1.40 bits per heavy atom. The zero-order chi connectivity index (χ0) is 15.0. The summed E-state index contributed by atoms with van der Waals surface area (Å²) in [6.45, 7) is 5.12. The molecular formula is C15H20N2O3. The number of benzene rings is 1. The van der Waals surface area contributed by atoms with E-state index in [1.54, 1.807) is 6.92 Å². The van der Waals surface area contributed by atoms with E-state index in [2.05, 4.69) is 11.9 Å². The van der Waals surface area contributed by atoms with Crippen LogP contribution in [0.4, 0.5) is 0 Å². The van der Waals surface area contributed by atoms with Gasteiger partial charge in [-0.15, -0.1) is 0 Å². The van der Waals surface area contributed by atoms with Crippen LogP contribution in [0.25, 0.3) is 0 Å². The number of hydrogen-bond donors (Lipinski definition) is 2. The molecular weight excluding hydrogens is 256 g/mol. The van der Waals surface area contributed by atoms with Gasteiger partial charge in [-0.2, -0.15) is 0 Å². The monoisotopic (exact) mass is 276 g/mol. The Hall–Kier alpha value is -2.14. The molecule has 108 valence electrons. The van der Waals surface area contributed by atoms with Crippen molar-refractivity contribution in [2.75, 3.05) is 6.61 Å². The second kappa shape index (κ2) is 8.12. The summed E-state index contributed by atoms with van der Waals surface area (Å²) in [5, 5.41) is 2.54. The Bertz CT molecular complexity index is 459. The minimum atomic E-state index is -0.732. The summed E-state index contributed by atoms with van der Waals surface area (Å²) in [5.74, 6) is -0.887. The lowest BCUT2D eigenvalue weighted by Gasteiger charge is -2.16. The Kier molecular flexibility index (Phi) is 6.46. The second-order valence-electron chi connectivity index (χ2n) is 4.45. The van der Waals surface area contributed by atoms with Crippen molar-refractivity contribution in [3.8, 4) is 0 Å². The molecule has 0 radical (unpaired) electrons. The molecule has 0 bridgehead atoms. The van der Waals surface area contributed by atoms with Crippen molar-refractivity contribution in [2.45, 2.75) is 25.4 Å². The lowest BCUT2D eigenvalue weighted by Crippen LogP contribution is -2.48. The third kappa shape index (κ3) is 5.24. The third-order valence-electron chi connectivity index (χ3n) is 2.69. The maximum atomic E-state index is 11.9. The molecule has 5 nitrogen and oxygen atoms in total. The summed E-state index contributed by atoms with van der Waals surface area (Å²) in [6, 6.07) is 8.03. The van der Waals surface area contributed by atoms with Crippen LogP contribution in [0.5, 0.6) is 0 Å². The molecule has 0 aromatic heterocycles. The third-order valence-corrected chi connectivity index (χ3v) is 2.69. The summed E-state index contributed by atoms with van der Waals surface area (Å²) in [7, 11) is 0. The summed E-state index contributed by atoms with van der Waals surface area (Å²) in [5.41, 5.74) is 6.79. The average molecular weight is 276 g/mol. The van der Waals surface area contributed by atoms with Crippen LogP contribution in [0.2, 0.25) is 0 Å². The fourth-order valence-corrected chi connectivity index (χ4v) is 1.61. The van der Waals surface area contributed by atoms with E-state index in [-0.39, 0.29) is 12.5 Å². The highest BCUT2D eigenvalue weighted by Crippen LogP contribution is 2.02. The Labute approximate surface area is 118 Å². The van der Waals surface area contributed by atoms with Crippen molar-refractivity contribution in [2.24, 2.45) is 5.73 Å². The predicted octanol–water partition coefficient (Wildman–Crippen LogP) is 0.790. The number of rotatable bonds is 7. The Morgan fingerprint density at radius 2 is 2.05 bits per heavy atom. The topological polar surface area (TPSA) is 81.4 Å². The molecule has 0 saturated heterocycles. The molecule has 0 unspecified atom stereocenters. The quantitative estimate of drug-likeness (QED) is 0.570. The fraction of sp³-hybridized carbons (Fsp3) is 0.333. The van der Waals surface area contributed by atoms with Gasteiger partial charge in [0.25, 0.3) is 0 Å². The number of nitrogens with one attached hydrogen (secondary N) is 1. The molecule has 3 N–H and O–H groups in total. The van der Waals surface area contributed by atoms with Crippen molar-refractivity contribution in [1.29, 1.82) is 0 Å². The Balaban J connectivity index is 2.45. The summed E-state index contributed by atoms with van der Waals surface area (Å²) < 4.78 is 4.84. The highest BCUT2D eigenvalue weighted by molar-refractivity contribution is 5.87. The van der Waals surface area contributed by atoms with Crippen LogP contribution in [0.3, 0.4) is 0 Å². The summed E-state index contributed by atoms with van der Waals surface area (Å²) in [6.07, 6.45) is 1.88. The van der Waals surface area contributed by atoms with Gasteiger partial charge in [0.15, 0.2) is 0 Å². The molecule has 2 atom stereocenters. The van der Waals surface area contributed by atoms with E-state index >= 15 is 0 Å². The van der Waals surface area contributed by atoms with Gasteiger partial charge in [-0.3, -0.25) is 4.79 Å². The maximum Gasteiger partial charge on any atom is 0.328 e. The van der Waals surface area contributed by atoms with Gasteiger partial charge in [-0.05, 0) is 18.9 Å². The first-order valence-electron chi connectivity index (χ1n) is 6.42. The van der Waals surface area contributed by atoms with E-state index in [0.29, 0.717) is 6.42 Å². The fourth-order valence-electron chi connectivity index (χ4n) is 1.61. The van der Waals surface area contributed by atoms with E-state index in [4.69, 9.17) is 10.5 Å². The van der Waals surface area contributed by atoms with Crippen molar-refractivity contribution < 1.29 is 14.3 Å². The average Bonchev–Trinajstić information content (AvgIpc) is 2.45. The molecule has 1 aromatic rings. The van der Waals surface area contributed by atoms with Gasteiger partial charge in [-0.1, -0.05) is 43.0 Å². The second-order valence-corrected chi connectivity index (χ2v) is 4.45. The van der Waals surface area contributed by atoms with Gasteiger partial charge in [-0.25, -0.2) is 4.79 Å². The first-order chi connectivity index (χ1) is 9.54. The number of ether oxygens (including phenoxy) is 1. The van der Waals surface area contributed by atoms with Crippen molar-refractivity contribution in [3.63, 3.8) is 0 Å². The number of hydrogen-bond acceptors (Lipinski definition) is 4. The molecule has 0 saturated carbocycles. The minimum Gasteiger partial charge on any atom is -0.460 e. The largest absolute Gasteiger partial charge is 0.460 e. The number of esters is 1. The molecule has 0 heterocycles. The van der Waals surface area contributed by atoms with E-state index in [9.17, 15) is 9.59 Å². The summed E-state index contributed by atoms with van der Waals surface area (Å²) in [4.78, 5) is 23.4. The SMILES string of the molecule is C=CCOC(=O)[C@H](C)NC(=O)[C@@H](N)Cc1ccccc1. The molecule has 0 aliphatic heterocycles. The van der Waals surface area contributed by atoms with E-state index < -0.39 is 18.1 Å². The molecule has 0 aliphatic carbocycles. The number of carbonyl (C=O) groups excluding carboxylic acids is 2. The maximum absolute atomic E-state index is 11.9. The molecule has 0 fully saturated rings.